The molecule has 1 aliphatic heterocycles. The van der Waals surface area contributed by atoms with Crippen LogP contribution in [0.4, 0.5) is 11.6 Å². The first-order chi connectivity index (χ1) is 14.9. The van der Waals surface area contributed by atoms with Crippen LogP contribution in [0.5, 0.6) is 0 Å². The molecule has 0 radical (unpaired) electrons. The van der Waals surface area contributed by atoms with Gasteiger partial charge < -0.3 is 9.47 Å². The Morgan fingerprint density at radius 3 is 2.45 bits per heavy atom. The van der Waals surface area contributed by atoms with E-state index in [0.29, 0.717) is 23.6 Å². The number of aryl methyl sites for hydroxylation is 2. The molecule has 1 atom stereocenters. The van der Waals surface area contributed by atoms with Crippen LogP contribution in [0.15, 0.2) is 33.9 Å². The molecule has 0 unspecified atom stereocenters. The zero-order valence-corrected chi connectivity index (χ0v) is 19.1. The molecule has 0 fully saturated rings. The van der Waals surface area contributed by atoms with E-state index in [1.54, 1.807) is 7.05 Å². The van der Waals surface area contributed by atoms with Gasteiger partial charge in [0.1, 0.15) is 0 Å². The molecule has 7 heteroatoms. The van der Waals surface area contributed by atoms with Crippen molar-refractivity contribution in [2.45, 2.75) is 66.0 Å². The van der Waals surface area contributed by atoms with Crippen LogP contribution in [-0.2, 0) is 20.1 Å². The van der Waals surface area contributed by atoms with Gasteiger partial charge >= 0.3 is 5.69 Å². The second-order valence-electron chi connectivity index (χ2n) is 8.96. The van der Waals surface area contributed by atoms with E-state index in [-0.39, 0.29) is 11.2 Å². The molecule has 0 saturated carbocycles. The fourth-order valence-corrected chi connectivity index (χ4v) is 4.52. The third-order valence-corrected chi connectivity index (χ3v) is 6.27. The lowest BCUT2D eigenvalue weighted by molar-refractivity contribution is 0.457. The van der Waals surface area contributed by atoms with E-state index in [0.717, 1.165) is 44.0 Å². The largest absolute Gasteiger partial charge is 0.332 e. The maximum Gasteiger partial charge on any atom is 0.332 e. The molecule has 4 rings (SSSR count). The smallest absolute Gasteiger partial charge is 0.312 e. The van der Waals surface area contributed by atoms with Crippen LogP contribution in [0.2, 0.25) is 0 Å². The third-order valence-electron chi connectivity index (χ3n) is 6.27. The standard InChI is InChI=1S/C24H33N5O2/c1-5-6-7-8-9-14-27-22(30)20-21(26(4)24(27)31)25-23-28(15-18(3)16-29(20)23)19-12-10-17(2)11-13-19/h10-13,18H,5-9,14-16H2,1-4H3/t18-/m0/s1. The van der Waals surface area contributed by atoms with E-state index < -0.39 is 0 Å². The average Bonchev–Trinajstić information content (AvgIpc) is 3.14. The Labute approximate surface area is 182 Å². The number of benzene rings is 1. The monoisotopic (exact) mass is 423 g/mol. The summed E-state index contributed by atoms with van der Waals surface area (Å²) in [7, 11) is 1.72. The van der Waals surface area contributed by atoms with E-state index in [4.69, 9.17) is 4.98 Å². The Kier molecular flexibility index (Phi) is 6.03. The number of nitrogens with zero attached hydrogens (tertiary/aromatic N) is 5. The lowest BCUT2D eigenvalue weighted by Crippen LogP contribution is -2.40. The molecule has 0 bridgehead atoms. The van der Waals surface area contributed by atoms with Crippen molar-refractivity contribution in [2.24, 2.45) is 13.0 Å². The summed E-state index contributed by atoms with van der Waals surface area (Å²) in [5, 5.41) is 0. The summed E-state index contributed by atoms with van der Waals surface area (Å²) in [6, 6.07) is 8.35. The van der Waals surface area contributed by atoms with Gasteiger partial charge in [0.15, 0.2) is 11.2 Å². The predicted octanol–water partition coefficient (Wildman–Crippen LogP) is 3.96. The number of anilines is 2. The van der Waals surface area contributed by atoms with Crippen LogP contribution >= 0.6 is 0 Å². The summed E-state index contributed by atoms with van der Waals surface area (Å²) < 4.78 is 4.95. The first-order valence-electron chi connectivity index (χ1n) is 11.5. The van der Waals surface area contributed by atoms with Gasteiger partial charge in [-0.1, -0.05) is 57.2 Å². The summed E-state index contributed by atoms with van der Waals surface area (Å²) in [6.45, 7) is 8.44. The van der Waals surface area contributed by atoms with Gasteiger partial charge in [-0.15, -0.1) is 0 Å². The topological polar surface area (TPSA) is 65.1 Å². The normalized spacial score (nSPS) is 16.1. The van der Waals surface area contributed by atoms with Crippen molar-refractivity contribution in [1.29, 1.82) is 0 Å². The number of hydrogen-bond acceptors (Lipinski definition) is 4. The summed E-state index contributed by atoms with van der Waals surface area (Å²) in [6.07, 6.45) is 5.37. The van der Waals surface area contributed by atoms with E-state index >= 15 is 0 Å². The number of rotatable bonds is 7. The van der Waals surface area contributed by atoms with Crippen LogP contribution in [0, 0.1) is 12.8 Å². The Bertz CT molecular complexity index is 1190. The summed E-state index contributed by atoms with van der Waals surface area (Å²) in [5.74, 6) is 1.09. The van der Waals surface area contributed by atoms with Crippen molar-refractivity contribution in [3.05, 3.63) is 50.7 Å². The zero-order chi connectivity index (χ0) is 22.1. The molecule has 0 spiro atoms. The maximum atomic E-state index is 13.4. The van der Waals surface area contributed by atoms with E-state index in [1.807, 2.05) is 4.57 Å². The fraction of sp³-hybridized carbons (Fsp3) is 0.542. The number of fused-ring (bicyclic) bond motifs is 3. The van der Waals surface area contributed by atoms with Crippen LogP contribution in [0.25, 0.3) is 11.2 Å². The van der Waals surface area contributed by atoms with Gasteiger partial charge in [0.05, 0.1) is 0 Å². The van der Waals surface area contributed by atoms with Crippen molar-refractivity contribution < 1.29 is 0 Å². The molecule has 3 heterocycles. The SMILES string of the molecule is CCCCCCCn1c(=O)c2c(nc3n2C[C@@H](C)CN3c2ccc(C)cc2)n(C)c1=O. The molecule has 7 nitrogen and oxygen atoms in total. The molecule has 3 aromatic rings. The Balaban J connectivity index is 1.79. The quantitative estimate of drug-likeness (QED) is 0.540. The zero-order valence-electron chi connectivity index (χ0n) is 19.1. The van der Waals surface area contributed by atoms with Gasteiger partial charge in [0, 0.05) is 32.4 Å². The molecule has 1 aromatic carbocycles. The van der Waals surface area contributed by atoms with Crippen molar-refractivity contribution in [3.63, 3.8) is 0 Å². The second kappa shape index (κ2) is 8.73. The number of imidazole rings is 1. The van der Waals surface area contributed by atoms with E-state index in [9.17, 15) is 9.59 Å². The van der Waals surface area contributed by atoms with Crippen LogP contribution < -0.4 is 16.1 Å². The highest BCUT2D eigenvalue weighted by atomic mass is 16.2. The molecule has 1 aliphatic rings. The molecular weight excluding hydrogens is 390 g/mol. The highest BCUT2D eigenvalue weighted by Gasteiger charge is 2.29. The molecule has 0 saturated heterocycles. The van der Waals surface area contributed by atoms with Crippen molar-refractivity contribution in [1.82, 2.24) is 18.7 Å². The summed E-state index contributed by atoms with van der Waals surface area (Å²) in [4.78, 5) is 33.3. The Morgan fingerprint density at radius 2 is 1.74 bits per heavy atom. The molecule has 0 amide bonds. The summed E-state index contributed by atoms with van der Waals surface area (Å²) >= 11 is 0. The van der Waals surface area contributed by atoms with E-state index in [1.165, 1.54) is 27.5 Å². The summed E-state index contributed by atoms with van der Waals surface area (Å²) in [5.41, 5.74) is 2.76. The first kappa shape index (κ1) is 21.4. The lowest BCUT2D eigenvalue weighted by atomic mass is 10.1. The minimum Gasteiger partial charge on any atom is -0.312 e. The highest BCUT2D eigenvalue weighted by Crippen LogP contribution is 2.32. The van der Waals surface area contributed by atoms with Crippen LogP contribution in [-0.4, -0.2) is 25.2 Å². The van der Waals surface area contributed by atoms with Crippen molar-refractivity contribution in [2.75, 3.05) is 11.4 Å². The molecule has 2 aromatic heterocycles. The van der Waals surface area contributed by atoms with E-state index in [2.05, 4.69) is 49.9 Å². The Hall–Kier alpha value is -2.83. The third kappa shape index (κ3) is 3.93. The van der Waals surface area contributed by atoms with Gasteiger partial charge in [0.2, 0.25) is 5.95 Å². The number of unbranched alkanes of at least 4 members (excludes halogenated alkanes) is 4. The van der Waals surface area contributed by atoms with Gasteiger partial charge in [-0.3, -0.25) is 13.9 Å². The second-order valence-corrected chi connectivity index (χ2v) is 8.96. The van der Waals surface area contributed by atoms with Gasteiger partial charge in [-0.25, -0.2) is 4.79 Å². The van der Waals surface area contributed by atoms with Crippen LogP contribution in [0.3, 0.4) is 0 Å². The molecule has 166 valence electrons. The number of aromatic nitrogens is 4. The van der Waals surface area contributed by atoms with Gasteiger partial charge in [-0.2, -0.15) is 4.98 Å². The van der Waals surface area contributed by atoms with Crippen molar-refractivity contribution >= 4 is 22.8 Å². The Morgan fingerprint density at radius 1 is 1.03 bits per heavy atom. The first-order valence-corrected chi connectivity index (χ1v) is 11.5. The molecule has 31 heavy (non-hydrogen) atoms. The molecule has 0 aliphatic carbocycles. The highest BCUT2D eigenvalue weighted by molar-refractivity contribution is 5.77. The fourth-order valence-electron chi connectivity index (χ4n) is 4.52. The van der Waals surface area contributed by atoms with Gasteiger partial charge in [0.25, 0.3) is 5.56 Å². The minimum atomic E-state index is -0.279. The molecule has 0 N–H and O–H groups in total. The molecular formula is C24H33N5O2. The minimum absolute atomic E-state index is 0.217. The maximum absolute atomic E-state index is 13.4. The van der Waals surface area contributed by atoms with Gasteiger partial charge in [-0.05, 0) is 31.4 Å². The lowest BCUT2D eigenvalue weighted by Gasteiger charge is -2.33. The van der Waals surface area contributed by atoms with Crippen LogP contribution in [0.1, 0.15) is 51.5 Å². The van der Waals surface area contributed by atoms with Crippen molar-refractivity contribution in [3.8, 4) is 0 Å². The average molecular weight is 424 g/mol. The predicted molar refractivity (Wildman–Crippen MR) is 125 cm³/mol. The number of hydrogen-bond donors (Lipinski definition) is 0.